The molecule has 0 aliphatic carbocycles. The molecule has 0 bridgehead atoms. The molecule has 0 aromatic heterocycles. The maximum absolute atomic E-state index is 13.7. The number of hydrogen-bond donors (Lipinski definition) is 0. The fourth-order valence-corrected chi connectivity index (χ4v) is 3.11. The molecule has 2 aromatic carbocycles. The van der Waals surface area contributed by atoms with Gasteiger partial charge in [0.25, 0.3) is 15.7 Å². The van der Waals surface area contributed by atoms with E-state index in [2.05, 4.69) is 0 Å². The first-order valence-corrected chi connectivity index (χ1v) is 7.78. The lowest BCUT2D eigenvalue weighted by Crippen LogP contribution is -2.26. The minimum absolute atomic E-state index is 0.0815. The van der Waals surface area contributed by atoms with E-state index in [1.165, 1.54) is 44.5 Å². The number of non-ortho nitro benzene ring substituents is 1. The zero-order valence-electron chi connectivity index (χ0n) is 12.3. The minimum atomic E-state index is -4.07. The van der Waals surface area contributed by atoms with Gasteiger partial charge in [-0.25, -0.2) is 12.8 Å². The summed E-state index contributed by atoms with van der Waals surface area (Å²) in [6, 6.07) is 8.38. The average molecular weight is 340 g/mol. The van der Waals surface area contributed by atoms with Gasteiger partial charge in [0.2, 0.25) is 0 Å². The number of nitrogens with zero attached hydrogens (tertiary/aromatic N) is 2. The van der Waals surface area contributed by atoms with E-state index in [1.807, 2.05) is 0 Å². The molecule has 0 aliphatic heterocycles. The van der Waals surface area contributed by atoms with Gasteiger partial charge in [0, 0.05) is 19.2 Å². The lowest BCUT2D eigenvalue weighted by atomic mass is 10.3. The Morgan fingerprint density at radius 2 is 1.91 bits per heavy atom. The van der Waals surface area contributed by atoms with Gasteiger partial charge in [-0.05, 0) is 24.3 Å². The number of anilines is 1. The van der Waals surface area contributed by atoms with Crippen molar-refractivity contribution in [3.8, 4) is 5.75 Å². The molecule has 9 heteroatoms. The molecular weight excluding hydrogens is 327 g/mol. The van der Waals surface area contributed by atoms with Crippen LogP contribution in [0.3, 0.4) is 0 Å². The number of hydrogen-bond acceptors (Lipinski definition) is 5. The van der Waals surface area contributed by atoms with Crippen molar-refractivity contribution in [2.24, 2.45) is 0 Å². The Labute approximate surface area is 132 Å². The predicted molar refractivity (Wildman–Crippen MR) is 81.6 cm³/mol. The molecule has 0 radical (unpaired) electrons. The highest BCUT2D eigenvalue weighted by Gasteiger charge is 2.24. The molecule has 0 spiro atoms. The van der Waals surface area contributed by atoms with Crippen LogP contribution in [0, 0.1) is 15.9 Å². The molecule has 0 aliphatic rings. The molecule has 0 amide bonds. The molecule has 2 aromatic rings. The second-order valence-electron chi connectivity index (χ2n) is 4.55. The summed E-state index contributed by atoms with van der Waals surface area (Å²) in [6.45, 7) is 0. The van der Waals surface area contributed by atoms with Crippen LogP contribution in [0.5, 0.6) is 5.75 Å². The molecule has 0 unspecified atom stereocenters. The highest BCUT2D eigenvalue weighted by atomic mass is 32.2. The second kappa shape index (κ2) is 6.21. The van der Waals surface area contributed by atoms with Crippen molar-refractivity contribution in [3.05, 3.63) is 58.4 Å². The maximum Gasteiger partial charge on any atom is 0.271 e. The van der Waals surface area contributed by atoms with Gasteiger partial charge in [-0.2, -0.15) is 0 Å². The van der Waals surface area contributed by atoms with Gasteiger partial charge >= 0.3 is 0 Å². The third-order valence-corrected chi connectivity index (χ3v) is 4.97. The van der Waals surface area contributed by atoms with Crippen molar-refractivity contribution < 1.29 is 22.5 Å². The Hall–Kier alpha value is -2.68. The summed E-state index contributed by atoms with van der Waals surface area (Å²) in [4.78, 5) is 9.87. The fourth-order valence-electron chi connectivity index (χ4n) is 1.91. The standard InChI is InChI=1S/C14H13FN2O5S/c1-16(10-4-3-5-11(8-10)17(18)19)23(20,21)12-6-7-14(22-2)13(15)9-12/h3-9H,1-2H3. The molecule has 0 atom stereocenters. The molecule has 23 heavy (non-hydrogen) atoms. The summed E-state index contributed by atoms with van der Waals surface area (Å²) in [6.07, 6.45) is 0. The first kappa shape index (κ1) is 16.7. The van der Waals surface area contributed by atoms with Gasteiger partial charge in [0.05, 0.1) is 22.6 Å². The van der Waals surface area contributed by atoms with Crippen LogP contribution in [-0.4, -0.2) is 27.5 Å². The Morgan fingerprint density at radius 1 is 1.22 bits per heavy atom. The van der Waals surface area contributed by atoms with E-state index in [4.69, 9.17) is 4.74 Å². The van der Waals surface area contributed by atoms with Crippen LogP contribution in [0.25, 0.3) is 0 Å². The number of benzene rings is 2. The molecular formula is C14H13FN2O5S. The van der Waals surface area contributed by atoms with E-state index in [-0.39, 0.29) is 22.0 Å². The Bertz CT molecular complexity index is 854. The van der Waals surface area contributed by atoms with Crippen LogP contribution in [0.1, 0.15) is 0 Å². The first-order chi connectivity index (χ1) is 10.8. The quantitative estimate of drug-likeness (QED) is 0.616. The molecule has 0 heterocycles. The van der Waals surface area contributed by atoms with E-state index >= 15 is 0 Å². The first-order valence-electron chi connectivity index (χ1n) is 6.34. The zero-order chi connectivity index (χ0) is 17.2. The molecule has 7 nitrogen and oxygen atoms in total. The zero-order valence-corrected chi connectivity index (χ0v) is 13.1. The number of rotatable bonds is 5. The fraction of sp³-hybridized carbons (Fsp3) is 0.143. The monoisotopic (exact) mass is 340 g/mol. The van der Waals surface area contributed by atoms with Crippen LogP contribution in [0.4, 0.5) is 15.8 Å². The summed E-state index contributed by atoms with van der Waals surface area (Å²) in [7, 11) is -1.57. The number of methoxy groups -OCH3 is 1. The van der Waals surface area contributed by atoms with Gasteiger partial charge in [0.1, 0.15) is 0 Å². The number of halogens is 1. The molecule has 0 saturated heterocycles. The third kappa shape index (κ3) is 3.24. The molecule has 0 saturated carbocycles. The number of ether oxygens (including phenoxy) is 1. The van der Waals surface area contributed by atoms with E-state index in [1.54, 1.807) is 0 Å². The van der Waals surface area contributed by atoms with Gasteiger partial charge in [-0.15, -0.1) is 0 Å². The van der Waals surface area contributed by atoms with E-state index in [9.17, 15) is 22.9 Å². The number of nitro benzene ring substituents is 1. The summed E-state index contributed by atoms with van der Waals surface area (Å²) in [5.74, 6) is -0.900. The number of nitro groups is 1. The molecule has 2 rings (SSSR count). The summed E-state index contributed by atoms with van der Waals surface area (Å²) in [5.41, 5.74) is -0.152. The van der Waals surface area contributed by atoms with Crippen LogP contribution in [0.2, 0.25) is 0 Å². The van der Waals surface area contributed by atoms with Crippen molar-refractivity contribution in [1.29, 1.82) is 0 Å². The summed E-state index contributed by atoms with van der Waals surface area (Å²) in [5, 5.41) is 10.8. The molecule has 122 valence electrons. The van der Waals surface area contributed by atoms with Crippen molar-refractivity contribution in [1.82, 2.24) is 0 Å². The lowest BCUT2D eigenvalue weighted by Gasteiger charge is -2.19. The van der Waals surface area contributed by atoms with Gasteiger partial charge < -0.3 is 4.74 Å². The largest absolute Gasteiger partial charge is 0.494 e. The topological polar surface area (TPSA) is 89.8 Å². The van der Waals surface area contributed by atoms with Crippen molar-refractivity contribution in [3.63, 3.8) is 0 Å². The van der Waals surface area contributed by atoms with Crippen LogP contribution in [0.15, 0.2) is 47.4 Å². The maximum atomic E-state index is 13.7. The minimum Gasteiger partial charge on any atom is -0.494 e. The van der Waals surface area contributed by atoms with Crippen LogP contribution in [-0.2, 0) is 10.0 Å². The van der Waals surface area contributed by atoms with Gasteiger partial charge in [0.15, 0.2) is 11.6 Å². The SMILES string of the molecule is COc1ccc(S(=O)(=O)N(C)c2cccc([N+](=O)[O-])c2)cc1F. The predicted octanol–water partition coefficient (Wildman–Crippen LogP) is 2.57. The third-order valence-electron chi connectivity index (χ3n) is 3.19. The average Bonchev–Trinajstić information content (AvgIpc) is 2.54. The van der Waals surface area contributed by atoms with Crippen molar-refractivity contribution in [2.75, 3.05) is 18.5 Å². The Kier molecular flexibility index (Phi) is 4.50. The normalized spacial score (nSPS) is 11.1. The van der Waals surface area contributed by atoms with E-state index < -0.39 is 20.8 Å². The van der Waals surface area contributed by atoms with Crippen molar-refractivity contribution in [2.45, 2.75) is 4.90 Å². The van der Waals surface area contributed by atoms with Gasteiger partial charge in [-0.3, -0.25) is 14.4 Å². The summed E-state index contributed by atoms with van der Waals surface area (Å²) >= 11 is 0. The van der Waals surface area contributed by atoms with Crippen LogP contribution < -0.4 is 9.04 Å². The highest BCUT2D eigenvalue weighted by molar-refractivity contribution is 7.92. The van der Waals surface area contributed by atoms with Gasteiger partial charge in [-0.1, -0.05) is 6.07 Å². The number of sulfonamides is 1. The smallest absolute Gasteiger partial charge is 0.271 e. The Balaban J connectivity index is 2.44. The van der Waals surface area contributed by atoms with Crippen molar-refractivity contribution >= 4 is 21.4 Å². The van der Waals surface area contributed by atoms with E-state index in [0.29, 0.717) is 0 Å². The molecule has 0 N–H and O–H groups in total. The van der Waals surface area contributed by atoms with Crippen LogP contribution >= 0.6 is 0 Å². The summed E-state index contributed by atoms with van der Waals surface area (Å²) < 4.78 is 44.3. The highest BCUT2D eigenvalue weighted by Crippen LogP contribution is 2.27. The van der Waals surface area contributed by atoms with E-state index in [0.717, 1.165) is 16.4 Å². The lowest BCUT2D eigenvalue weighted by molar-refractivity contribution is -0.384. The molecule has 0 fully saturated rings. The second-order valence-corrected chi connectivity index (χ2v) is 6.52. The Morgan fingerprint density at radius 3 is 2.48 bits per heavy atom.